The van der Waals surface area contributed by atoms with E-state index in [9.17, 15) is 19.8 Å². The molecule has 0 amide bonds. The van der Waals surface area contributed by atoms with Crippen molar-refractivity contribution in [3.8, 4) is 0 Å². The minimum Gasteiger partial charge on any atom is -0.507 e. The summed E-state index contributed by atoms with van der Waals surface area (Å²) in [6.07, 6.45) is 4.47. The zero-order chi connectivity index (χ0) is 44.7. The average Bonchev–Trinajstić information content (AvgIpc) is 3.67. The monoisotopic (exact) mass is 849 g/mol. The summed E-state index contributed by atoms with van der Waals surface area (Å²) in [4.78, 5) is 31.9. The summed E-state index contributed by atoms with van der Waals surface area (Å²) in [5, 5.41) is 24.1. The molecule has 0 bridgehead atoms. The molecule has 0 aliphatic heterocycles. The Labute approximate surface area is 378 Å². The molecular formula is C58H47N3O4. The highest BCUT2D eigenvalue weighted by Gasteiger charge is 2.18. The SMILES string of the molecule is CCCCn1c2ccc(C(=O)/C=C(\O)c3ccc(N(c4ccccc4)c4ccccc4)cc3)cc2c2cc(C(=O)/C=C(\O)c3ccc(N(c4ccccc4)c4ccccc4)cc3)ccc21. The van der Waals surface area contributed by atoms with E-state index in [2.05, 4.69) is 21.3 Å². The second kappa shape index (κ2) is 18.9. The van der Waals surface area contributed by atoms with Gasteiger partial charge in [-0.15, -0.1) is 0 Å². The minimum atomic E-state index is -0.347. The van der Waals surface area contributed by atoms with Gasteiger partial charge in [-0.25, -0.2) is 0 Å². The third-order valence-electron chi connectivity index (χ3n) is 11.6. The van der Waals surface area contributed by atoms with E-state index in [1.165, 1.54) is 12.2 Å². The molecule has 0 spiro atoms. The average molecular weight is 850 g/mol. The van der Waals surface area contributed by atoms with Gasteiger partial charge in [-0.3, -0.25) is 9.59 Å². The van der Waals surface area contributed by atoms with E-state index < -0.39 is 0 Å². The van der Waals surface area contributed by atoms with Crippen molar-refractivity contribution in [2.24, 2.45) is 0 Å². The number of para-hydroxylation sites is 4. The Morgan fingerprint density at radius 3 is 1.06 bits per heavy atom. The number of rotatable bonds is 15. The first-order valence-corrected chi connectivity index (χ1v) is 21.8. The molecule has 0 fully saturated rings. The number of hydrogen-bond donors (Lipinski definition) is 2. The zero-order valence-corrected chi connectivity index (χ0v) is 36.0. The van der Waals surface area contributed by atoms with Crippen molar-refractivity contribution >= 4 is 79.0 Å². The van der Waals surface area contributed by atoms with Crippen molar-refractivity contribution in [1.29, 1.82) is 0 Å². The van der Waals surface area contributed by atoms with E-state index in [-0.39, 0.29) is 23.1 Å². The lowest BCUT2D eigenvalue weighted by molar-refractivity contribution is 0.103. The predicted molar refractivity (Wildman–Crippen MR) is 266 cm³/mol. The summed E-state index contributed by atoms with van der Waals surface area (Å²) in [5.74, 6) is -0.978. The van der Waals surface area contributed by atoms with Crippen LogP contribution in [0, 0.1) is 0 Å². The van der Waals surface area contributed by atoms with Crippen LogP contribution in [0.4, 0.5) is 34.1 Å². The molecule has 0 radical (unpaired) electrons. The maximum Gasteiger partial charge on any atom is 0.189 e. The summed E-state index contributed by atoms with van der Waals surface area (Å²) < 4.78 is 2.22. The van der Waals surface area contributed by atoms with Crippen LogP contribution in [-0.4, -0.2) is 26.3 Å². The van der Waals surface area contributed by atoms with E-state index in [4.69, 9.17) is 0 Å². The molecule has 7 nitrogen and oxygen atoms in total. The summed E-state index contributed by atoms with van der Waals surface area (Å²) >= 11 is 0. The Balaban J connectivity index is 0.983. The predicted octanol–water partition coefficient (Wildman–Crippen LogP) is 15.1. The molecule has 7 heteroatoms. The summed E-state index contributed by atoms with van der Waals surface area (Å²) in [6.45, 7) is 2.91. The Bertz CT molecular complexity index is 2870. The van der Waals surface area contributed by atoms with Gasteiger partial charge in [0.1, 0.15) is 11.5 Å². The van der Waals surface area contributed by atoms with Crippen LogP contribution in [0.5, 0.6) is 0 Å². The number of unbranched alkanes of at least 4 members (excludes halogenated alkanes) is 1. The second-order valence-corrected chi connectivity index (χ2v) is 15.9. The second-order valence-electron chi connectivity index (χ2n) is 15.9. The Morgan fingerprint density at radius 2 is 0.738 bits per heavy atom. The molecule has 1 heterocycles. The standard InChI is InChI=1S/C58H47N3O4/c1-2-3-36-59-53-34-28-43(57(64)39-55(62)41-24-30-49(31-25-41)60(45-16-8-4-9-17-45)46-18-10-5-11-19-46)37-51(53)52-38-44(29-35-54(52)59)58(65)40-56(63)42-26-32-50(33-27-42)61(47-20-12-6-13-21-47)48-22-14-7-15-23-48/h4-35,37-40,62-63H,2-3,36H2,1H3/b55-39-,56-40-. The molecule has 0 atom stereocenters. The lowest BCUT2D eigenvalue weighted by Crippen LogP contribution is -2.09. The van der Waals surface area contributed by atoms with E-state index in [0.29, 0.717) is 22.3 Å². The smallest absolute Gasteiger partial charge is 0.189 e. The summed E-state index contributed by atoms with van der Waals surface area (Å²) in [6, 6.07) is 66.3. The fraction of sp³-hybridized carbons (Fsp3) is 0.0690. The van der Waals surface area contributed by atoms with Crippen molar-refractivity contribution in [3.05, 3.63) is 241 Å². The minimum absolute atomic E-state index is 0.142. The highest BCUT2D eigenvalue weighted by atomic mass is 16.3. The van der Waals surface area contributed by atoms with E-state index in [1.54, 1.807) is 12.1 Å². The molecule has 2 N–H and O–H groups in total. The van der Waals surface area contributed by atoms with Crippen molar-refractivity contribution in [3.63, 3.8) is 0 Å². The van der Waals surface area contributed by atoms with Crippen LogP contribution in [0.15, 0.2) is 218 Å². The molecule has 65 heavy (non-hydrogen) atoms. The number of nitrogens with zero attached hydrogens (tertiary/aromatic N) is 3. The van der Waals surface area contributed by atoms with Crippen LogP contribution in [-0.2, 0) is 6.54 Å². The number of fused-ring (bicyclic) bond motifs is 3. The van der Waals surface area contributed by atoms with Crippen LogP contribution in [0.2, 0.25) is 0 Å². The highest BCUT2D eigenvalue weighted by molar-refractivity contribution is 6.16. The number of aryl methyl sites for hydroxylation is 1. The first-order chi connectivity index (χ1) is 31.9. The topological polar surface area (TPSA) is 86.0 Å². The molecule has 0 saturated heterocycles. The number of aromatic nitrogens is 1. The van der Waals surface area contributed by atoms with Gasteiger partial charge in [0.2, 0.25) is 0 Å². The Hall–Kier alpha value is -8.42. The van der Waals surface area contributed by atoms with Gasteiger partial charge in [0.25, 0.3) is 0 Å². The number of ketones is 2. The molecule has 8 aromatic carbocycles. The highest BCUT2D eigenvalue weighted by Crippen LogP contribution is 2.37. The van der Waals surface area contributed by atoms with Crippen LogP contribution in [0.3, 0.4) is 0 Å². The van der Waals surface area contributed by atoms with E-state index >= 15 is 0 Å². The van der Waals surface area contributed by atoms with Crippen LogP contribution < -0.4 is 9.80 Å². The Morgan fingerprint density at radius 1 is 0.431 bits per heavy atom. The third-order valence-corrected chi connectivity index (χ3v) is 11.6. The summed E-state index contributed by atoms with van der Waals surface area (Å²) in [7, 11) is 0. The fourth-order valence-corrected chi connectivity index (χ4v) is 8.31. The first kappa shape index (κ1) is 41.9. The van der Waals surface area contributed by atoms with Crippen molar-refractivity contribution < 1.29 is 19.8 Å². The van der Waals surface area contributed by atoms with Gasteiger partial charge < -0.3 is 24.6 Å². The van der Waals surface area contributed by atoms with E-state index in [0.717, 1.165) is 75.3 Å². The Kier molecular flexibility index (Phi) is 12.2. The molecule has 0 aliphatic rings. The third kappa shape index (κ3) is 8.94. The van der Waals surface area contributed by atoms with Crippen molar-refractivity contribution in [2.45, 2.75) is 26.3 Å². The lowest BCUT2D eigenvalue weighted by atomic mass is 10.0. The van der Waals surface area contributed by atoms with Crippen LogP contribution in [0.25, 0.3) is 33.3 Å². The molecule has 9 aromatic rings. The molecule has 1 aromatic heterocycles. The number of hydrogen-bond acceptors (Lipinski definition) is 6. The van der Waals surface area contributed by atoms with Gasteiger partial charge in [-0.05, 0) is 140 Å². The number of aliphatic hydroxyl groups is 2. The van der Waals surface area contributed by atoms with Gasteiger partial charge >= 0.3 is 0 Å². The molecule has 0 aliphatic carbocycles. The molecule has 0 saturated carbocycles. The quantitative estimate of drug-likeness (QED) is 0.0607. The number of carbonyl (C=O) groups is 2. The number of anilines is 6. The fourth-order valence-electron chi connectivity index (χ4n) is 8.31. The largest absolute Gasteiger partial charge is 0.507 e. The van der Waals surface area contributed by atoms with Gasteiger partial charge in [0.15, 0.2) is 11.6 Å². The number of aliphatic hydroxyl groups excluding tert-OH is 2. The van der Waals surface area contributed by atoms with Crippen LogP contribution in [0.1, 0.15) is 51.6 Å². The zero-order valence-electron chi connectivity index (χ0n) is 36.0. The summed E-state index contributed by atoms with van der Waals surface area (Å²) in [5.41, 5.74) is 9.52. The molecule has 318 valence electrons. The van der Waals surface area contributed by atoms with Crippen LogP contribution >= 0.6 is 0 Å². The van der Waals surface area contributed by atoms with Crippen molar-refractivity contribution in [2.75, 3.05) is 9.80 Å². The number of carbonyl (C=O) groups excluding carboxylic acids is 2. The number of benzene rings is 8. The maximum absolute atomic E-state index is 13.8. The van der Waals surface area contributed by atoms with Crippen molar-refractivity contribution in [1.82, 2.24) is 4.57 Å². The van der Waals surface area contributed by atoms with Gasteiger partial charge in [0.05, 0.1) is 0 Å². The molecule has 9 rings (SSSR count). The number of allylic oxidation sites excluding steroid dienone is 2. The normalized spacial score (nSPS) is 11.8. The first-order valence-electron chi connectivity index (χ1n) is 21.8. The van der Waals surface area contributed by atoms with Gasteiger partial charge in [-0.2, -0.15) is 0 Å². The maximum atomic E-state index is 13.8. The molecule has 0 unspecified atom stereocenters. The lowest BCUT2D eigenvalue weighted by Gasteiger charge is -2.25. The van der Waals surface area contributed by atoms with Gasteiger partial charge in [0, 0.05) is 96.9 Å². The molecular weight excluding hydrogens is 803 g/mol. The van der Waals surface area contributed by atoms with Gasteiger partial charge in [-0.1, -0.05) is 86.1 Å². The van der Waals surface area contributed by atoms with E-state index in [1.807, 2.05) is 194 Å².